The molecule has 0 heterocycles. The Morgan fingerprint density at radius 1 is 1.12 bits per heavy atom. The van der Waals surface area contributed by atoms with E-state index in [1.54, 1.807) is 0 Å². The summed E-state index contributed by atoms with van der Waals surface area (Å²) >= 11 is 0. The summed E-state index contributed by atoms with van der Waals surface area (Å²) in [4.78, 5) is 0. The number of hydrogen-bond acceptors (Lipinski definition) is 2. The van der Waals surface area contributed by atoms with Crippen LogP contribution in [0.4, 0.5) is 0 Å². The van der Waals surface area contributed by atoms with Gasteiger partial charge in [-0.2, -0.15) is 5.26 Å². The molecule has 0 bridgehead atoms. The lowest BCUT2D eigenvalue weighted by Crippen LogP contribution is -2.06. The molecule has 2 aromatic carbocycles. The van der Waals surface area contributed by atoms with Gasteiger partial charge in [0.15, 0.2) is 0 Å². The van der Waals surface area contributed by atoms with Gasteiger partial charge in [0.05, 0.1) is 18.6 Å². The number of aliphatic hydroxyl groups excluding tert-OH is 1. The zero-order valence-corrected chi connectivity index (χ0v) is 8.93. The van der Waals surface area contributed by atoms with E-state index >= 15 is 0 Å². The fourth-order valence-electron chi connectivity index (χ4n) is 1.89. The van der Waals surface area contributed by atoms with Crippen LogP contribution in [0.5, 0.6) is 0 Å². The van der Waals surface area contributed by atoms with E-state index in [1.165, 1.54) is 10.8 Å². The highest BCUT2D eigenvalue weighted by atomic mass is 16.3. The van der Waals surface area contributed by atoms with Crippen LogP contribution >= 0.6 is 0 Å². The van der Waals surface area contributed by atoms with Gasteiger partial charge in [0, 0.05) is 0 Å². The minimum atomic E-state index is -0.314. The Labute approximate surface area is 94.8 Å². The second-order valence-corrected chi connectivity index (χ2v) is 3.85. The molecule has 0 aliphatic carbocycles. The lowest BCUT2D eigenvalue weighted by molar-refractivity contribution is 0.256. The highest BCUT2D eigenvalue weighted by molar-refractivity contribution is 5.85. The van der Waals surface area contributed by atoms with Crippen molar-refractivity contribution in [3.8, 4) is 6.07 Å². The third kappa shape index (κ3) is 2.05. The number of fused-ring (bicyclic) bond motifs is 1. The summed E-state index contributed by atoms with van der Waals surface area (Å²) in [5, 5.41) is 20.2. The first kappa shape index (κ1) is 10.7. The fraction of sp³-hybridized carbons (Fsp3) is 0.214. The van der Waals surface area contributed by atoms with Crippen LogP contribution in [0.15, 0.2) is 42.5 Å². The van der Waals surface area contributed by atoms with Crippen LogP contribution in [-0.2, 0) is 6.42 Å². The molecular weight excluding hydrogens is 198 g/mol. The van der Waals surface area contributed by atoms with Crippen molar-refractivity contribution < 1.29 is 5.11 Å². The number of rotatable bonds is 3. The first-order valence-electron chi connectivity index (χ1n) is 5.32. The van der Waals surface area contributed by atoms with Crippen LogP contribution in [0, 0.1) is 17.2 Å². The van der Waals surface area contributed by atoms with Gasteiger partial charge in [0.25, 0.3) is 0 Å². The van der Waals surface area contributed by atoms with E-state index in [2.05, 4.69) is 24.3 Å². The van der Waals surface area contributed by atoms with Gasteiger partial charge in [-0.25, -0.2) is 0 Å². The Kier molecular flexibility index (Phi) is 3.19. The third-order valence-electron chi connectivity index (χ3n) is 2.75. The minimum absolute atomic E-state index is 0.0836. The Bertz CT molecular complexity index is 522. The van der Waals surface area contributed by atoms with Gasteiger partial charge < -0.3 is 5.11 Å². The molecule has 0 unspecified atom stereocenters. The molecular formula is C14H13NO. The van der Waals surface area contributed by atoms with E-state index in [4.69, 9.17) is 10.4 Å². The van der Waals surface area contributed by atoms with Gasteiger partial charge in [0.2, 0.25) is 0 Å². The molecule has 2 aromatic rings. The number of nitrogens with zero attached hydrogens (tertiary/aromatic N) is 1. The van der Waals surface area contributed by atoms with Gasteiger partial charge in [-0.3, -0.25) is 0 Å². The molecule has 1 atom stereocenters. The van der Waals surface area contributed by atoms with Crippen LogP contribution in [0.25, 0.3) is 10.8 Å². The number of hydrogen-bond donors (Lipinski definition) is 1. The summed E-state index contributed by atoms with van der Waals surface area (Å²) < 4.78 is 0. The molecule has 0 saturated carbocycles. The van der Waals surface area contributed by atoms with Gasteiger partial charge in [-0.05, 0) is 22.8 Å². The molecule has 0 aliphatic heterocycles. The normalized spacial score (nSPS) is 12.2. The van der Waals surface area contributed by atoms with Gasteiger partial charge in [-0.15, -0.1) is 0 Å². The van der Waals surface area contributed by atoms with Gasteiger partial charge in [-0.1, -0.05) is 42.5 Å². The van der Waals surface area contributed by atoms with E-state index in [9.17, 15) is 0 Å². The van der Waals surface area contributed by atoms with Crippen molar-refractivity contribution in [2.75, 3.05) is 6.61 Å². The third-order valence-corrected chi connectivity index (χ3v) is 2.75. The zero-order chi connectivity index (χ0) is 11.4. The smallest absolute Gasteiger partial charge is 0.0734 e. The van der Waals surface area contributed by atoms with Crippen molar-refractivity contribution in [2.45, 2.75) is 6.42 Å². The quantitative estimate of drug-likeness (QED) is 0.847. The maximum absolute atomic E-state index is 9.04. The molecule has 0 radical (unpaired) electrons. The van der Waals surface area contributed by atoms with Crippen molar-refractivity contribution in [1.82, 2.24) is 0 Å². The summed E-state index contributed by atoms with van der Waals surface area (Å²) in [5.74, 6) is -0.314. The van der Waals surface area contributed by atoms with Crippen LogP contribution in [0.2, 0.25) is 0 Å². The van der Waals surface area contributed by atoms with Crippen LogP contribution in [-0.4, -0.2) is 11.7 Å². The van der Waals surface area contributed by atoms with Gasteiger partial charge in [0.1, 0.15) is 0 Å². The molecule has 2 rings (SSSR count). The summed E-state index contributed by atoms with van der Waals surface area (Å²) in [6.45, 7) is -0.0836. The Morgan fingerprint density at radius 2 is 1.88 bits per heavy atom. The number of aliphatic hydroxyl groups is 1. The van der Waals surface area contributed by atoms with Crippen LogP contribution in [0.1, 0.15) is 5.56 Å². The molecule has 2 heteroatoms. The molecule has 0 spiro atoms. The van der Waals surface area contributed by atoms with Crippen molar-refractivity contribution in [2.24, 2.45) is 5.92 Å². The molecule has 0 aliphatic rings. The first-order chi connectivity index (χ1) is 7.85. The summed E-state index contributed by atoms with van der Waals surface area (Å²) in [5.41, 5.74) is 1.12. The fourth-order valence-corrected chi connectivity index (χ4v) is 1.89. The molecule has 0 amide bonds. The lowest BCUT2D eigenvalue weighted by atomic mass is 9.96. The molecule has 0 saturated heterocycles. The SMILES string of the molecule is N#C[C@@H](CO)Cc1cccc2ccccc12. The second-order valence-electron chi connectivity index (χ2n) is 3.85. The summed E-state index contributed by atoms with van der Waals surface area (Å²) in [6.07, 6.45) is 0.606. The number of nitriles is 1. The van der Waals surface area contributed by atoms with Crippen LogP contribution < -0.4 is 0 Å². The Balaban J connectivity index is 2.41. The van der Waals surface area contributed by atoms with E-state index in [0.717, 1.165) is 5.56 Å². The average molecular weight is 211 g/mol. The molecule has 1 N–H and O–H groups in total. The zero-order valence-electron chi connectivity index (χ0n) is 8.93. The predicted octanol–water partition coefficient (Wildman–Crippen LogP) is 2.51. The highest BCUT2D eigenvalue weighted by Crippen LogP contribution is 2.20. The lowest BCUT2D eigenvalue weighted by Gasteiger charge is -2.08. The predicted molar refractivity (Wildman–Crippen MR) is 63.8 cm³/mol. The van der Waals surface area contributed by atoms with Crippen molar-refractivity contribution in [1.29, 1.82) is 5.26 Å². The van der Waals surface area contributed by atoms with Gasteiger partial charge >= 0.3 is 0 Å². The number of benzene rings is 2. The molecule has 2 nitrogen and oxygen atoms in total. The maximum Gasteiger partial charge on any atom is 0.0734 e. The molecule has 16 heavy (non-hydrogen) atoms. The van der Waals surface area contributed by atoms with Crippen molar-refractivity contribution >= 4 is 10.8 Å². The molecule has 80 valence electrons. The summed E-state index contributed by atoms with van der Waals surface area (Å²) in [6, 6.07) is 16.3. The topological polar surface area (TPSA) is 44.0 Å². The van der Waals surface area contributed by atoms with E-state index in [0.29, 0.717) is 6.42 Å². The van der Waals surface area contributed by atoms with Crippen LogP contribution in [0.3, 0.4) is 0 Å². The Morgan fingerprint density at radius 3 is 2.62 bits per heavy atom. The van der Waals surface area contributed by atoms with E-state index in [1.807, 2.05) is 24.3 Å². The monoisotopic (exact) mass is 211 g/mol. The average Bonchev–Trinajstić information content (AvgIpc) is 2.36. The van der Waals surface area contributed by atoms with Crippen molar-refractivity contribution in [3.63, 3.8) is 0 Å². The van der Waals surface area contributed by atoms with Crippen molar-refractivity contribution in [3.05, 3.63) is 48.0 Å². The molecule has 0 fully saturated rings. The Hall–Kier alpha value is -1.85. The minimum Gasteiger partial charge on any atom is -0.395 e. The first-order valence-corrected chi connectivity index (χ1v) is 5.32. The van der Waals surface area contributed by atoms with E-state index < -0.39 is 0 Å². The molecule has 0 aromatic heterocycles. The summed E-state index contributed by atoms with van der Waals surface area (Å²) in [7, 11) is 0. The maximum atomic E-state index is 9.04. The highest BCUT2D eigenvalue weighted by Gasteiger charge is 2.08. The second kappa shape index (κ2) is 4.78. The van der Waals surface area contributed by atoms with E-state index in [-0.39, 0.29) is 12.5 Å². The standard InChI is InChI=1S/C14H13NO/c15-9-11(10-16)8-13-6-3-5-12-4-1-2-7-14(12)13/h1-7,11,16H,8,10H2/t11-/m0/s1. The largest absolute Gasteiger partial charge is 0.395 e.